The molecule has 0 aliphatic carbocycles. The Kier molecular flexibility index (Phi) is 6.06. The molecule has 1 unspecified atom stereocenters. The van der Waals surface area contributed by atoms with Gasteiger partial charge in [-0.3, -0.25) is 9.78 Å². The van der Waals surface area contributed by atoms with Gasteiger partial charge in [-0.15, -0.1) is 0 Å². The summed E-state index contributed by atoms with van der Waals surface area (Å²) in [5.41, 5.74) is 11.3. The van der Waals surface area contributed by atoms with E-state index in [2.05, 4.69) is 32.7 Å². The number of rotatable bonds is 5. The summed E-state index contributed by atoms with van der Waals surface area (Å²) in [4.78, 5) is 20.8. The highest BCUT2D eigenvalue weighted by Crippen LogP contribution is 2.29. The van der Waals surface area contributed by atoms with E-state index in [1.165, 1.54) is 0 Å². The molecule has 1 aromatic heterocycles. The molecule has 1 fully saturated rings. The second-order valence-electron chi connectivity index (χ2n) is 7.57. The van der Waals surface area contributed by atoms with Gasteiger partial charge in [0.05, 0.1) is 11.9 Å². The Hall–Kier alpha value is -3.56. The average Bonchev–Trinajstić information content (AvgIpc) is 2.80. The first kappa shape index (κ1) is 20.7. The van der Waals surface area contributed by atoms with Gasteiger partial charge in [-0.25, -0.2) is 5.53 Å². The first-order chi connectivity index (χ1) is 15.0. The van der Waals surface area contributed by atoms with Crippen LogP contribution in [0.2, 0.25) is 0 Å². The third-order valence-electron chi connectivity index (χ3n) is 5.47. The summed E-state index contributed by atoms with van der Waals surface area (Å²) in [6.07, 6.45) is 5.64. The zero-order valence-electron chi connectivity index (χ0n) is 17.2. The number of aliphatic hydroxyl groups is 1. The number of pyridine rings is 1. The molecule has 1 atom stereocenters. The number of hydrogen-bond acceptors (Lipinski definition) is 8. The third kappa shape index (κ3) is 4.62. The molecule has 160 valence electrons. The Morgan fingerprint density at radius 1 is 1.26 bits per heavy atom. The van der Waals surface area contributed by atoms with E-state index in [-0.39, 0.29) is 5.91 Å². The van der Waals surface area contributed by atoms with E-state index in [4.69, 9.17) is 5.53 Å². The molecular formula is C22H25N7O2. The van der Waals surface area contributed by atoms with Crippen LogP contribution in [-0.2, 0) is 0 Å². The fourth-order valence-electron chi connectivity index (χ4n) is 3.57. The number of carbonyl (C=O) groups is 1. The molecule has 1 amide bonds. The number of fused-ring (bicyclic) bond motifs is 1. The maximum Gasteiger partial charge on any atom is 0.253 e. The molecule has 0 spiro atoms. The van der Waals surface area contributed by atoms with Crippen molar-refractivity contribution in [2.24, 2.45) is 5.11 Å². The van der Waals surface area contributed by atoms with Gasteiger partial charge in [-0.1, -0.05) is 0 Å². The predicted octanol–water partition coefficient (Wildman–Crippen LogP) is 2.58. The highest BCUT2D eigenvalue weighted by molar-refractivity contribution is 5.94. The van der Waals surface area contributed by atoms with Gasteiger partial charge in [0.25, 0.3) is 5.91 Å². The SMILES string of the molecule is CN1CCN(C(=O)c2ccc(N/C=C(\N=N)C3=Cc4ccncc4NC3O)cc2)CC1. The van der Waals surface area contributed by atoms with Crippen LogP contribution in [0.25, 0.3) is 6.08 Å². The van der Waals surface area contributed by atoms with Crippen LogP contribution in [0.1, 0.15) is 15.9 Å². The quantitative estimate of drug-likeness (QED) is 0.554. The molecule has 9 heteroatoms. The summed E-state index contributed by atoms with van der Waals surface area (Å²) < 4.78 is 0. The predicted molar refractivity (Wildman–Crippen MR) is 119 cm³/mol. The minimum Gasteiger partial charge on any atom is -0.369 e. The Balaban J connectivity index is 1.45. The molecule has 0 saturated carbocycles. The molecule has 31 heavy (non-hydrogen) atoms. The van der Waals surface area contributed by atoms with E-state index in [1.54, 1.807) is 36.8 Å². The zero-order chi connectivity index (χ0) is 21.8. The van der Waals surface area contributed by atoms with E-state index in [1.807, 2.05) is 23.1 Å². The number of anilines is 2. The van der Waals surface area contributed by atoms with Crippen molar-refractivity contribution in [2.45, 2.75) is 6.23 Å². The normalized spacial score (nSPS) is 19.2. The van der Waals surface area contributed by atoms with Crippen molar-refractivity contribution >= 4 is 23.4 Å². The molecule has 3 heterocycles. The average molecular weight is 419 g/mol. The lowest BCUT2D eigenvalue weighted by Gasteiger charge is -2.32. The number of amides is 1. The van der Waals surface area contributed by atoms with Crippen LogP contribution in [0.4, 0.5) is 11.4 Å². The van der Waals surface area contributed by atoms with Crippen LogP contribution in [-0.4, -0.2) is 65.3 Å². The highest BCUT2D eigenvalue weighted by Gasteiger charge is 2.22. The first-order valence-corrected chi connectivity index (χ1v) is 10.1. The van der Waals surface area contributed by atoms with Gasteiger partial charge >= 0.3 is 0 Å². The maximum absolute atomic E-state index is 12.7. The van der Waals surface area contributed by atoms with Gasteiger partial charge in [0.15, 0.2) is 6.23 Å². The van der Waals surface area contributed by atoms with E-state index < -0.39 is 6.23 Å². The lowest BCUT2D eigenvalue weighted by atomic mass is 10.0. The maximum atomic E-state index is 12.7. The number of benzene rings is 1. The summed E-state index contributed by atoms with van der Waals surface area (Å²) in [6.45, 7) is 3.23. The molecule has 4 N–H and O–H groups in total. The highest BCUT2D eigenvalue weighted by atomic mass is 16.3. The van der Waals surface area contributed by atoms with Gasteiger partial charge in [0, 0.05) is 61.0 Å². The molecule has 2 aliphatic rings. The van der Waals surface area contributed by atoms with E-state index >= 15 is 0 Å². The van der Waals surface area contributed by atoms with Crippen LogP contribution < -0.4 is 10.6 Å². The molecular weight excluding hydrogens is 394 g/mol. The largest absolute Gasteiger partial charge is 0.369 e. The number of carbonyl (C=O) groups excluding carboxylic acids is 1. The monoisotopic (exact) mass is 419 g/mol. The zero-order valence-corrected chi connectivity index (χ0v) is 17.2. The summed E-state index contributed by atoms with van der Waals surface area (Å²) in [6, 6.07) is 9.01. The molecule has 9 nitrogen and oxygen atoms in total. The molecule has 2 aliphatic heterocycles. The number of aliphatic hydroxyl groups excluding tert-OH is 1. The Morgan fingerprint density at radius 2 is 2.00 bits per heavy atom. The van der Waals surface area contributed by atoms with E-state index in [9.17, 15) is 9.90 Å². The minimum absolute atomic E-state index is 0.0340. The summed E-state index contributed by atoms with van der Waals surface area (Å²) in [5, 5.41) is 20.0. The lowest BCUT2D eigenvalue weighted by molar-refractivity contribution is 0.0664. The second kappa shape index (κ2) is 9.07. The number of aromatic nitrogens is 1. The molecule has 1 saturated heterocycles. The van der Waals surface area contributed by atoms with Gasteiger partial charge in [-0.05, 0) is 43.5 Å². The number of piperazine rings is 1. The van der Waals surface area contributed by atoms with Crippen LogP contribution in [0, 0.1) is 5.53 Å². The van der Waals surface area contributed by atoms with Crippen molar-refractivity contribution in [2.75, 3.05) is 43.9 Å². The summed E-state index contributed by atoms with van der Waals surface area (Å²) in [7, 11) is 2.06. The van der Waals surface area contributed by atoms with Gasteiger partial charge < -0.3 is 25.5 Å². The fraction of sp³-hybridized carbons (Fsp3) is 0.273. The van der Waals surface area contributed by atoms with Gasteiger partial charge in [0.1, 0.15) is 5.70 Å². The van der Waals surface area contributed by atoms with Crippen molar-refractivity contribution in [1.82, 2.24) is 14.8 Å². The van der Waals surface area contributed by atoms with Crippen molar-refractivity contribution in [1.29, 1.82) is 5.53 Å². The molecule has 1 aromatic carbocycles. The first-order valence-electron chi connectivity index (χ1n) is 10.1. The lowest BCUT2D eigenvalue weighted by Crippen LogP contribution is -2.47. The van der Waals surface area contributed by atoms with Crippen molar-refractivity contribution in [3.63, 3.8) is 0 Å². The van der Waals surface area contributed by atoms with E-state index in [0.29, 0.717) is 16.8 Å². The Bertz CT molecular complexity index is 1020. The molecule has 0 radical (unpaired) electrons. The molecule has 4 rings (SSSR count). The van der Waals surface area contributed by atoms with Crippen molar-refractivity contribution in [3.05, 3.63) is 71.3 Å². The number of nitrogens with zero attached hydrogens (tertiary/aromatic N) is 4. The van der Waals surface area contributed by atoms with Crippen molar-refractivity contribution in [3.8, 4) is 0 Å². The van der Waals surface area contributed by atoms with Crippen molar-refractivity contribution < 1.29 is 9.90 Å². The smallest absolute Gasteiger partial charge is 0.253 e. The Labute approximate surface area is 180 Å². The standard InChI is InChI=1S/C22H25N7O2/c1-28-8-10-29(11-9-28)22(31)15-2-4-17(5-3-15)25-14-20(27-23)18-12-16-6-7-24-13-19(16)26-21(18)30/h2-7,12-14,21,23,25-26,30H,8-11H2,1H3/b20-14-,27-23?. The summed E-state index contributed by atoms with van der Waals surface area (Å²) >= 11 is 0. The molecule has 2 aromatic rings. The van der Waals surface area contributed by atoms with Gasteiger partial charge in [-0.2, -0.15) is 5.11 Å². The minimum atomic E-state index is -0.998. The number of likely N-dealkylation sites (N-methyl/N-ethyl adjacent to an activating group) is 1. The third-order valence-corrected chi connectivity index (χ3v) is 5.47. The number of hydrogen-bond donors (Lipinski definition) is 4. The van der Waals surface area contributed by atoms with Crippen LogP contribution in [0.15, 0.2) is 65.3 Å². The van der Waals surface area contributed by atoms with Crippen LogP contribution in [0.3, 0.4) is 0 Å². The molecule has 0 bridgehead atoms. The van der Waals surface area contributed by atoms with Crippen LogP contribution in [0.5, 0.6) is 0 Å². The van der Waals surface area contributed by atoms with Crippen LogP contribution >= 0.6 is 0 Å². The topological polar surface area (TPSA) is 117 Å². The fourth-order valence-corrected chi connectivity index (χ4v) is 3.57. The van der Waals surface area contributed by atoms with E-state index in [0.717, 1.165) is 43.1 Å². The summed E-state index contributed by atoms with van der Waals surface area (Å²) in [5.74, 6) is 0.0340. The second-order valence-corrected chi connectivity index (χ2v) is 7.57. The Morgan fingerprint density at radius 3 is 2.71 bits per heavy atom. The van der Waals surface area contributed by atoms with Gasteiger partial charge in [0.2, 0.25) is 0 Å². The number of nitrogens with one attached hydrogen (secondary N) is 3.